The van der Waals surface area contributed by atoms with Gasteiger partial charge in [0.25, 0.3) is 5.91 Å². The molecule has 2 aromatic heterocycles. The van der Waals surface area contributed by atoms with Crippen LogP contribution in [-0.4, -0.2) is 106 Å². The molecule has 0 saturated carbocycles. The number of nitrogens with zero attached hydrogens (tertiary/aromatic N) is 7. The van der Waals surface area contributed by atoms with E-state index < -0.39 is 0 Å². The van der Waals surface area contributed by atoms with Crippen LogP contribution in [0.15, 0.2) is 42.6 Å². The molecular weight excluding hydrogens is 478 g/mol. The van der Waals surface area contributed by atoms with Gasteiger partial charge in [-0.1, -0.05) is 6.07 Å². The SMILES string of the molecule is CC(C)N1CCN(c2nc3ccc(Nc4ncc5ccc(C(=O)N6CCN(C)CC6)cc5n4)cc3[nH]2)CC1. The Morgan fingerprint density at radius 3 is 2.47 bits per heavy atom. The fourth-order valence-electron chi connectivity index (χ4n) is 5.21. The summed E-state index contributed by atoms with van der Waals surface area (Å²) in [6.45, 7) is 11.8. The molecule has 4 heterocycles. The van der Waals surface area contributed by atoms with Gasteiger partial charge >= 0.3 is 0 Å². The van der Waals surface area contributed by atoms with Crippen LogP contribution in [0, 0.1) is 0 Å². The van der Waals surface area contributed by atoms with Gasteiger partial charge in [0.05, 0.1) is 16.6 Å². The van der Waals surface area contributed by atoms with Crippen LogP contribution in [0.25, 0.3) is 21.9 Å². The number of fused-ring (bicyclic) bond motifs is 2. The molecule has 198 valence electrons. The third-order valence-corrected chi connectivity index (χ3v) is 7.69. The molecule has 0 bridgehead atoms. The van der Waals surface area contributed by atoms with Crippen molar-refractivity contribution in [3.63, 3.8) is 0 Å². The van der Waals surface area contributed by atoms with Gasteiger partial charge in [-0.2, -0.15) is 0 Å². The van der Waals surface area contributed by atoms with E-state index >= 15 is 0 Å². The smallest absolute Gasteiger partial charge is 0.254 e. The van der Waals surface area contributed by atoms with Gasteiger partial charge in [-0.15, -0.1) is 0 Å². The van der Waals surface area contributed by atoms with Gasteiger partial charge in [0.15, 0.2) is 0 Å². The average molecular weight is 514 g/mol. The number of H-pyrrole nitrogens is 1. The summed E-state index contributed by atoms with van der Waals surface area (Å²) in [5.74, 6) is 1.46. The van der Waals surface area contributed by atoms with Gasteiger partial charge in [0.1, 0.15) is 0 Å². The van der Waals surface area contributed by atoms with Crippen LogP contribution in [0.3, 0.4) is 0 Å². The van der Waals surface area contributed by atoms with Crippen LogP contribution in [0.5, 0.6) is 0 Å². The van der Waals surface area contributed by atoms with Crippen molar-refractivity contribution in [3.05, 3.63) is 48.2 Å². The van der Waals surface area contributed by atoms with E-state index in [1.165, 1.54) is 0 Å². The number of hydrogen-bond donors (Lipinski definition) is 2. The van der Waals surface area contributed by atoms with E-state index in [0.717, 1.165) is 85.9 Å². The molecule has 2 N–H and O–H groups in total. The predicted octanol–water partition coefficient (Wildman–Crippen LogP) is 3.17. The highest BCUT2D eigenvalue weighted by Gasteiger charge is 2.22. The van der Waals surface area contributed by atoms with E-state index in [2.05, 4.69) is 50.9 Å². The molecule has 2 aliphatic rings. The highest BCUT2D eigenvalue weighted by Crippen LogP contribution is 2.24. The maximum Gasteiger partial charge on any atom is 0.254 e. The van der Waals surface area contributed by atoms with Crippen LogP contribution in [0.4, 0.5) is 17.6 Å². The number of aromatic amines is 1. The van der Waals surface area contributed by atoms with Gasteiger partial charge in [0, 0.05) is 81.2 Å². The molecule has 6 rings (SSSR count). The Morgan fingerprint density at radius 2 is 1.71 bits per heavy atom. The van der Waals surface area contributed by atoms with Crippen molar-refractivity contribution >= 4 is 45.4 Å². The molecule has 10 nitrogen and oxygen atoms in total. The number of aromatic nitrogens is 4. The number of nitrogens with one attached hydrogen (secondary N) is 2. The fourth-order valence-corrected chi connectivity index (χ4v) is 5.21. The van der Waals surface area contributed by atoms with Crippen LogP contribution in [0.1, 0.15) is 24.2 Å². The summed E-state index contributed by atoms with van der Waals surface area (Å²) in [6, 6.07) is 12.3. The van der Waals surface area contributed by atoms with Crippen LogP contribution in [-0.2, 0) is 0 Å². The monoisotopic (exact) mass is 513 g/mol. The maximum absolute atomic E-state index is 13.0. The van der Waals surface area contributed by atoms with Crippen molar-refractivity contribution in [3.8, 4) is 0 Å². The molecule has 0 unspecified atom stereocenters. The highest BCUT2D eigenvalue weighted by molar-refractivity contribution is 5.98. The van der Waals surface area contributed by atoms with E-state index in [1.54, 1.807) is 6.20 Å². The number of amides is 1. The van der Waals surface area contributed by atoms with Crippen LogP contribution in [0.2, 0.25) is 0 Å². The lowest BCUT2D eigenvalue weighted by Crippen LogP contribution is -2.49. The molecule has 2 aliphatic heterocycles. The number of rotatable bonds is 5. The predicted molar refractivity (Wildman–Crippen MR) is 151 cm³/mol. The molecule has 0 radical (unpaired) electrons. The minimum absolute atomic E-state index is 0.0549. The number of anilines is 3. The Hall–Kier alpha value is -3.76. The molecule has 4 aromatic rings. The molecule has 0 atom stereocenters. The minimum atomic E-state index is 0.0549. The molecule has 38 heavy (non-hydrogen) atoms. The average Bonchev–Trinajstić information content (AvgIpc) is 3.36. The van der Waals surface area contributed by atoms with E-state index in [9.17, 15) is 4.79 Å². The summed E-state index contributed by atoms with van der Waals surface area (Å²) in [5.41, 5.74) is 4.18. The van der Waals surface area contributed by atoms with E-state index in [0.29, 0.717) is 17.6 Å². The summed E-state index contributed by atoms with van der Waals surface area (Å²) >= 11 is 0. The molecule has 2 aromatic carbocycles. The zero-order valence-electron chi connectivity index (χ0n) is 22.3. The van der Waals surface area contributed by atoms with E-state index in [4.69, 9.17) is 9.97 Å². The lowest BCUT2D eigenvalue weighted by Gasteiger charge is -2.36. The van der Waals surface area contributed by atoms with Gasteiger partial charge < -0.3 is 25.0 Å². The summed E-state index contributed by atoms with van der Waals surface area (Å²) in [5, 5.41) is 4.22. The Kier molecular flexibility index (Phi) is 6.59. The molecule has 2 saturated heterocycles. The zero-order valence-corrected chi connectivity index (χ0v) is 22.3. The first-order chi connectivity index (χ1) is 18.4. The number of piperazine rings is 2. The van der Waals surface area contributed by atoms with Crippen molar-refractivity contribution in [1.29, 1.82) is 0 Å². The van der Waals surface area contributed by atoms with Gasteiger partial charge in [-0.05, 0) is 51.2 Å². The Morgan fingerprint density at radius 1 is 0.921 bits per heavy atom. The summed E-state index contributed by atoms with van der Waals surface area (Å²) in [7, 11) is 2.08. The first-order valence-corrected chi connectivity index (χ1v) is 13.4. The quantitative estimate of drug-likeness (QED) is 0.420. The normalized spacial score (nSPS) is 17.6. The van der Waals surface area contributed by atoms with Gasteiger partial charge in [-0.25, -0.2) is 15.0 Å². The lowest BCUT2D eigenvalue weighted by molar-refractivity contribution is 0.0664. The van der Waals surface area contributed by atoms with Crippen molar-refractivity contribution in [2.45, 2.75) is 19.9 Å². The van der Waals surface area contributed by atoms with E-state index in [-0.39, 0.29) is 5.91 Å². The first-order valence-electron chi connectivity index (χ1n) is 13.4. The third-order valence-electron chi connectivity index (χ3n) is 7.69. The van der Waals surface area contributed by atoms with Crippen molar-refractivity contribution in [1.82, 2.24) is 34.6 Å². The fraction of sp³-hybridized carbons (Fsp3) is 0.429. The number of imidazole rings is 1. The van der Waals surface area contributed by atoms with Crippen LogP contribution < -0.4 is 10.2 Å². The maximum atomic E-state index is 13.0. The second-order valence-electron chi connectivity index (χ2n) is 10.6. The second-order valence-corrected chi connectivity index (χ2v) is 10.6. The molecule has 2 fully saturated rings. The molecular formula is C28H35N9O. The molecule has 0 spiro atoms. The standard InChI is InChI=1S/C28H35N9O/c1-19(2)35-12-14-37(15-13-35)28-32-23-7-6-22(17-25(23)33-28)30-27-29-18-21-5-4-20(16-24(21)31-27)26(38)36-10-8-34(3)9-11-36/h4-7,16-19H,8-15H2,1-3H3,(H,32,33)(H,29,30,31). The number of benzene rings is 2. The van der Waals surface area contributed by atoms with Crippen molar-refractivity contribution < 1.29 is 4.79 Å². The Labute approximate surface area is 222 Å². The van der Waals surface area contributed by atoms with Crippen LogP contribution >= 0.6 is 0 Å². The lowest BCUT2D eigenvalue weighted by atomic mass is 10.1. The summed E-state index contributed by atoms with van der Waals surface area (Å²) < 4.78 is 0. The molecule has 10 heteroatoms. The largest absolute Gasteiger partial charge is 0.340 e. The topological polar surface area (TPSA) is 96.5 Å². The summed E-state index contributed by atoms with van der Waals surface area (Å²) in [6.07, 6.45) is 1.79. The Bertz CT molecular complexity index is 1450. The Balaban J connectivity index is 1.18. The van der Waals surface area contributed by atoms with Crippen molar-refractivity contribution in [2.75, 3.05) is 69.6 Å². The second kappa shape index (κ2) is 10.2. The summed E-state index contributed by atoms with van der Waals surface area (Å²) in [4.78, 5) is 39.5. The molecule has 0 aliphatic carbocycles. The van der Waals surface area contributed by atoms with Gasteiger partial charge in [0.2, 0.25) is 11.9 Å². The molecule has 1 amide bonds. The van der Waals surface area contributed by atoms with Crippen molar-refractivity contribution in [2.24, 2.45) is 0 Å². The number of carbonyl (C=O) groups excluding carboxylic acids is 1. The zero-order chi connectivity index (χ0) is 26.2. The van der Waals surface area contributed by atoms with Gasteiger partial charge in [-0.3, -0.25) is 9.69 Å². The van der Waals surface area contributed by atoms with E-state index in [1.807, 2.05) is 41.3 Å². The number of hydrogen-bond acceptors (Lipinski definition) is 8. The number of carbonyl (C=O) groups is 1. The number of likely N-dealkylation sites (N-methyl/N-ethyl adjacent to an activating group) is 1. The first kappa shape index (κ1) is 24.6. The third kappa shape index (κ3) is 5.01. The highest BCUT2D eigenvalue weighted by atomic mass is 16.2. The minimum Gasteiger partial charge on any atom is -0.340 e.